The Morgan fingerprint density at radius 1 is 1.22 bits per heavy atom. The second-order valence-electron chi connectivity index (χ2n) is 5.39. The van der Waals surface area contributed by atoms with Gasteiger partial charge in [-0.25, -0.2) is 9.97 Å². The molecule has 3 nitrogen and oxygen atoms in total. The first kappa shape index (κ1) is 15.2. The van der Waals surface area contributed by atoms with E-state index in [1.165, 1.54) is 0 Å². The minimum absolute atomic E-state index is 0.0523. The molecule has 0 aromatic carbocycles. The largest absolute Gasteiger partial charge is 0.365 e. The molecule has 0 spiro atoms. The monoisotopic (exact) mass is 269 g/mol. The Morgan fingerprint density at radius 3 is 2.22 bits per heavy atom. The number of aromatic nitrogens is 2. The number of halogens is 1. The zero-order chi connectivity index (χ0) is 13.9. The number of nitrogens with zero attached hydrogens (tertiary/aromatic N) is 2. The van der Waals surface area contributed by atoms with Crippen LogP contribution >= 0.6 is 11.6 Å². The molecule has 0 saturated heterocycles. The molecule has 0 saturated carbocycles. The van der Waals surface area contributed by atoms with Crippen LogP contribution < -0.4 is 5.32 Å². The van der Waals surface area contributed by atoms with Gasteiger partial charge in [0.2, 0.25) is 0 Å². The second-order valence-corrected chi connectivity index (χ2v) is 5.75. The van der Waals surface area contributed by atoms with Crippen molar-refractivity contribution in [2.75, 3.05) is 5.32 Å². The van der Waals surface area contributed by atoms with Crippen molar-refractivity contribution in [1.29, 1.82) is 0 Å². The molecule has 0 amide bonds. The van der Waals surface area contributed by atoms with E-state index < -0.39 is 0 Å². The topological polar surface area (TPSA) is 37.8 Å². The molecule has 1 aromatic rings. The van der Waals surface area contributed by atoms with Gasteiger partial charge in [-0.2, -0.15) is 0 Å². The molecule has 0 aliphatic rings. The van der Waals surface area contributed by atoms with Crippen LogP contribution in [0.25, 0.3) is 0 Å². The van der Waals surface area contributed by atoms with E-state index in [1.807, 2.05) is 6.92 Å². The Labute approximate surface area is 115 Å². The lowest BCUT2D eigenvalue weighted by atomic mass is 9.95. The molecular formula is C14H24ClN3. The second kappa shape index (κ2) is 5.87. The van der Waals surface area contributed by atoms with E-state index in [9.17, 15) is 0 Å². The molecule has 1 N–H and O–H groups in total. The van der Waals surface area contributed by atoms with Gasteiger partial charge in [-0.1, -0.05) is 39.3 Å². The number of rotatable bonds is 5. The number of nitrogens with one attached hydrogen (secondary N) is 1. The first-order valence-electron chi connectivity index (χ1n) is 6.65. The van der Waals surface area contributed by atoms with E-state index in [1.54, 1.807) is 0 Å². The Kier molecular flexibility index (Phi) is 4.97. The summed E-state index contributed by atoms with van der Waals surface area (Å²) in [5.41, 5.74) is 0.977. The van der Waals surface area contributed by atoms with Crippen molar-refractivity contribution in [2.45, 2.75) is 65.8 Å². The van der Waals surface area contributed by atoms with E-state index in [0.717, 1.165) is 30.0 Å². The lowest BCUT2D eigenvalue weighted by Gasteiger charge is -2.30. The van der Waals surface area contributed by atoms with Gasteiger partial charge < -0.3 is 5.32 Å². The summed E-state index contributed by atoms with van der Waals surface area (Å²) in [4.78, 5) is 8.94. The molecular weight excluding hydrogens is 246 g/mol. The van der Waals surface area contributed by atoms with E-state index in [4.69, 9.17) is 11.6 Å². The van der Waals surface area contributed by atoms with Crippen LogP contribution in [0.5, 0.6) is 0 Å². The zero-order valence-corrected chi connectivity index (χ0v) is 13.0. The molecule has 0 fully saturated rings. The third-order valence-corrected chi connectivity index (χ3v) is 3.97. The Bertz CT molecular complexity index is 412. The standard InChI is InChI=1S/C14H24ClN3/c1-7-14(6,8-2)18-13-10(5)11(15)16-12(17-13)9(3)4/h9H,7-8H2,1-6H3,(H,16,17,18). The van der Waals surface area contributed by atoms with Crippen molar-refractivity contribution < 1.29 is 0 Å². The summed E-state index contributed by atoms with van der Waals surface area (Å²) in [6, 6.07) is 0. The highest BCUT2D eigenvalue weighted by molar-refractivity contribution is 6.30. The third-order valence-electron chi connectivity index (χ3n) is 3.60. The molecule has 102 valence electrons. The molecule has 0 radical (unpaired) electrons. The van der Waals surface area contributed by atoms with E-state index in [-0.39, 0.29) is 11.5 Å². The summed E-state index contributed by atoms with van der Waals surface area (Å²) in [5.74, 6) is 1.94. The van der Waals surface area contributed by atoms with Gasteiger partial charge >= 0.3 is 0 Å². The minimum atomic E-state index is 0.0523. The Balaban J connectivity index is 3.15. The van der Waals surface area contributed by atoms with Gasteiger partial charge in [-0.05, 0) is 26.7 Å². The maximum Gasteiger partial charge on any atom is 0.137 e. The van der Waals surface area contributed by atoms with Crippen LogP contribution in [0.3, 0.4) is 0 Å². The normalized spacial score (nSPS) is 12.0. The summed E-state index contributed by atoms with van der Waals surface area (Å²) in [5, 5.41) is 4.07. The molecule has 0 bridgehead atoms. The van der Waals surface area contributed by atoms with Gasteiger partial charge in [0.05, 0.1) is 0 Å². The first-order valence-corrected chi connectivity index (χ1v) is 7.03. The minimum Gasteiger partial charge on any atom is -0.365 e. The van der Waals surface area contributed by atoms with Crippen molar-refractivity contribution in [3.8, 4) is 0 Å². The molecule has 1 aromatic heterocycles. The van der Waals surface area contributed by atoms with Crippen LogP contribution in [0.4, 0.5) is 5.82 Å². The lowest BCUT2D eigenvalue weighted by Crippen LogP contribution is -2.34. The highest BCUT2D eigenvalue weighted by Crippen LogP contribution is 2.27. The molecule has 0 atom stereocenters. The van der Waals surface area contributed by atoms with Crippen molar-refractivity contribution in [1.82, 2.24) is 9.97 Å². The van der Waals surface area contributed by atoms with Crippen molar-refractivity contribution in [3.05, 3.63) is 16.5 Å². The maximum atomic E-state index is 6.19. The molecule has 18 heavy (non-hydrogen) atoms. The summed E-state index contributed by atoms with van der Waals surface area (Å²) < 4.78 is 0. The summed E-state index contributed by atoms with van der Waals surface area (Å²) in [6.07, 6.45) is 2.09. The Morgan fingerprint density at radius 2 is 1.78 bits per heavy atom. The van der Waals surface area contributed by atoms with Crippen molar-refractivity contribution in [3.63, 3.8) is 0 Å². The van der Waals surface area contributed by atoms with Crippen LogP contribution in [-0.2, 0) is 0 Å². The third kappa shape index (κ3) is 3.35. The molecule has 4 heteroatoms. The predicted molar refractivity (Wildman–Crippen MR) is 78.5 cm³/mol. The fourth-order valence-electron chi connectivity index (χ4n) is 1.60. The van der Waals surface area contributed by atoms with Crippen LogP contribution in [-0.4, -0.2) is 15.5 Å². The van der Waals surface area contributed by atoms with E-state index >= 15 is 0 Å². The maximum absolute atomic E-state index is 6.19. The van der Waals surface area contributed by atoms with Gasteiger partial charge in [0.1, 0.15) is 16.8 Å². The summed E-state index contributed by atoms with van der Waals surface area (Å²) in [7, 11) is 0. The van der Waals surface area contributed by atoms with Crippen LogP contribution in [0.1, 0.15) is 64.8 Å². The SMILES string of the molecule is CCC(C)(CC)Nc1nc(C(C)C)nc(Cl)c1C. The molecule has 0 aliphatic carbocycles. The number of hydrogen-bond donors (Lipinski definition) is 1. The van der Waals surface area contributed by atoms with Crippen molar-refractivity contribution in [2.24, 2.45) is 0 Å². The van der Waals surface area contributed by atoms with Crippen LogP contribution in [0.15, 0.2) is 0 Å². The summed E-state index contributed by atoms with van der Waals surface area (Å²) >= 11 is 6.19. The smallest absolute Gasteiger partial charge is 0.137 e. The van der Waals surface area contributed by atoms with Crippen molar-refractivity contribution >= 4 is 17.4 Å². The fourth-order valence-corrected chi connectivity index (χ4v) is 1.77. The molecule has 0 unspecified atom stereocenters. The number of anilines is 1. The lowest BCUT2D eigenvalue weighted by molar-refractivity contribution is 0.475. The average molecular weight is 270 g/mol. The van der Waals surface area contributed by atoms with Gasteiger partial charge in [0, 0.05) is 17.0 Å². The molecule has 1 rings (SSSR count). The predicted octanol–water partition coefficient (Wildman–Crippen LogP) is 4.55. The van der Waals surface area contributed by atoms with Gasteiger partial charge in [0.25, 0.3) is 0 Å². The van der Waals surface area contributed by atoms with Crippen LogP contribution in [0, 0.1) is 6.92 Å². The van der Waals surface area contributed by atoms with E-state index in [0.29, 0.717) is 5.15 Å². The van der Waals surface area contributed by atoms with Gasteiger partial charge in [0.15, 0.2) is 0 Å². The zero-order valence-electron chi connectivity index (χ0n) is 12.3. The van der Waals surface area contributed by atoms with E-state index in [2.05, 4.69) is 49.9 Å². The number of hydrogen-bond acceptors (Lipinski definition) is 3. The quantitative estimate of drug-likeness (QED) is 0.797. The highest BCUT2D eigenvalue weighted by atomic mass is 35.5. The molecule has 1 heterocycles. The van der Waals surface area contributed by atoms with Gasteiger partial charge in [-0.3, -0.25) is 0 Å². The highest BCUT2D eigenvalue weighted by Gasteiger charge is 2.22. The Hall–Kier alpha value is -0.830. The molecule has 0 aliphatic heterocycles. The summed E-state index contributed by atoms with van der Waals surface area (Å²) in [6.45, 7) is 12.7. The average Bonchev–Trinajstić information content (AvgIpc) is 2.34. The fraction of sp³-hybridized carbons (Fsp3) is 0.714. The first-order chi connectivity index (χ1) is 8.33. The van der Waals surface area contributed by atoms with Gasteiger partial charge in [-0.15, -0.1) is 0 Å². The van der Waals surface area contributed by atoms with Crippen LogP contribution in [0.2, 0.25) is 5.15 Å².